The molecule has 1 aliphatic rings. The normalized spacial score (nSPS) is 26.9. The van der Waals surface area contributed by atoms with Gasteiger partial charge in [-0.15, -0.1) is 0 Å². The van der Waals surface area contributed by atoms with Gasteiger partial charge >= 0.3 is 0 Å². The van der Waals surface area contributed by atoms with E-state index in [1.165, 1.54) is 0 Å². The van der Waals surface area contributed by atoms with Gasteiger partial charge in [0, 0.05) is 12.2 Å². The Hall–Kier alpha value is -0.930. The molecule has 1 aromatic heterocycles. The predicted octanol–water partition coefficient (Wildman–Crippen LogP) is 2.11. The molecule has 82 valence electrons. The molecule has 1 N–H and O–H groups in total. The van der Waals surface area contributed by atoms with Crippen LogP contribution < -0.4 is 5.32 Å². The zero-order chi connectivity index (χ0) is 10.9. The molecule has 3 heteroatoms. The summed E-state index contributed by atoms with van der Waals surface area (Å²) in [6, 6.07) is 6.28. The standard InChI is InChI=1S/C12H18N2O/c1-12(2,3)10-8-15-11(14-10)9-6-4-5-7-13-9/h4-7,10-11,14H,8H2,1-3H3. The van der Waals surface area contributed by atoms with Crippen LogP contribution in [0.15, 0.2) is 24.4 Å². The van der Waals surface area contributed by atoms with Crippen LogP contribution in [0.4, 0.5) is 0 Å². The molecule has 1 aromatic rings. The summed E-state index contributed by atoms with van der Waals surface area (Å²) in [6.45, 7) is 7.41. The fourth-order valence-corrected chi connectivity index (χ4v) is 1.67. The molecule has 0 spiro atoms. The molecule has 2 atom stereocenters. The van der Waals surface area contributed by atoms with Crippen LogP contribution in [-0.4, -0.2) is 17.6 Å². The summed E-state index contributed by atoms with van der Waals surface area (Å²) in [6.07, 6.45) is 1.75. The average Bonchev–Trinajstić information content (AvgIpc) is 2.67. The molecule has 0 radical (unpaired) electrons. The van der Waals surface area contributed by atoms with Crippen molar-refractivity contribution in [3.8, 4) is 0 Å². The maximum atomic E-state index is 5.70. The van der Waals surface area contributed by atoms with E-state index in [4.69, 9.17) is 4.74 Å². The molecular weight excluding hydrogens is 188 g/mol. The molecule has 3 nitrogen and oxygen atoms in total. The lowest BCUT2D eigenvalue weighted by atomic mass is 9.88. The van der Waals surface area contributed by atoms with Crippen LogP contribution >= 0.6 is 0 Å². The molecule has 2 unspecified atom stereocenters. The quantitative estimate of drug-likeness (QED) is 0.764. The Balaban J connectivity index is 2.05. The highest BCUT2D eigenvalue weighted by Gasteiger charge is 2.34. The van der Waals surface area contributed by atoms with E-state index in [1.807, 2.05) is 18.2 Å². The minimum absolute atomic E-state index is 0.0459. The van der Waals surface area contributed by atoms with E-state index >= 15 is 0 Å². The third kappa shape index (κ3) is 2.36. The number of hydrogen-bond donors (Lipinski definition) is 1. The summed E-state index contributed by atoms with van der Waals surface area (Å²) in [5.41, 5.74) is 1.19. The topological polar surface area (TPSA) is 34.1 Å². The minimum atomic E-state index is -0.0459. The highest BCUT2D eigenvalue weighted by Crippen LogP contribution is 2.28. The van der Waals surface area contributed by atoms with Gasteiger partial charge in [0.2, 0.25) is 0 Å². The first-order valence-corrected chi connectivity index (χ1v) is 5.36. The number of aromatic nitrogens is 1. The third-order valence-electron chi connectivity index (χ3n) is 2.78. The van der Waals surface area contributed by atoms with E-state index in [0.29, 0.717) is 6.04 Å². The highest BCUT2D eigenvalue weighted by atomic mass is 16.5. The van der Waals surface area contributed by atoms with E-state index in [1.54, 1.807) is 6.20 Å². The van der Waals surface area contributed by atoms with Crippen LogP contribution in [-0.2, 0) is 4.74 Å². The van der Waals surface area contributed by atoms with Gasteiger partial charge in [0.1, 0.15) is 0 Å². The van der Waals surface area contributed by atoms with Gasteiger partial charge in [0.15, 0.2) is 6.23 Å². The lowest BCUT2D eigenvalue weighted by Gasteiger charge is -2.25. The minimum Gasteiger partial charge on any atom is -0.356 e. The third-order valence-corrected chi connectivity index (χ3v) is 2.78. The van der Waals surface area contributed by atoms with Crippen LogP contribution in [0.1, 0.15) is 32.7 Å². The molecule has 0 bridgehead atoms. The lowest BCUT2D eigenvalue weighted by molar-refractivity contribution is 0.0951. The van der Waals surface area contributed by atoms with Gasteiger partial charge < -0.3 is 4.74 Å². The van der Waals surface area contributed by atoms with E-state index in [0.717, 1.165) is 12.3 Å². The molecule has 2 heterocycles. The number of rotatable bonds is 1. The molecule has 0 aliphatic carbocycles. The smallest absolute Gasteiger partial charge is 0.151 e. The summed E-state index contributed by atoms with van der Waals surface area (Å²) >= 11 is 0. The molecular formula is C12H18N2O. The first-order chi connectivity index (χ1) is 7.07. The Bertz CT molecular complexity index is 318. The van der Waals surface area contributed by atoms with Crippen molar-refractivity contribution in [1.29, 1.82) is 0 Å². The number of pyridine rings is 1. The van der Waals surface area contributed by atoms with Gasteiger partial charge in [0.25, 0.3) is 0 Å². The van der Waals surface area contributed by atoms with Crippen molar-refractivity contribution in [2.75, 3.05) is 6.61 Å². The molecule has 1 aliphatic heterocycles. The van der Waals surface area contributed by atoms with E-state index in [9.17, 15) is 0 Å². The summed E-state index contributed by atoms with van der Waals surface area (Å²) in [5, 5.41) is 3.46. The zero-order valence-electron chi connectivity index (χ0n) is 9.53. The second-order valence-electron chi connectivity index (χ2n) is 5.05. The Morgan fingerprint density at radius 1 is 1.40 bits per heavy atom. The number of nitrogens with one attached hydrogen (secondary N) is 1. The van der Waals surface area contributed by atoms with E-state index in [-0.39, 0.29) is 11.6 Å². The van der Waals surface area contributed by atoms with E-state index in [2.05, 4.69) is 31.1 Å². The SMILES string of the molecule is CC(C)(C)C1COC(c2ccccn2)N1. The van der Waals surface area contributed by atoms with Gasteiger partial charge in [0.05, 0.1) is 12.3 Å². The summed E-state index contributed by atoms with van der Waals surface area (Å²) in [4.78, 5) is 4.29. The first kappa shape index (κ1) is 10.6. The van der Waals surface area contributed by atoms with Crippen LogP contribution in [0, 0.1) is 5.41 Å². The van der Waals surface area contributed by atoms with Gasteiger partial charge in [-0.05, 0) is 17.5 Å². The van der Waals surface area contributed by atoms with Crippen LogP contribution in [0.3, 0.4) is 0 Å². The fourth-order valence-electron chi connectivity index (χ4n) is 1.67. The molecule has 1 fully saturated rings. The molecule has 15 heavy (non-hydrogen) atoms. The molecule has 0 saturated carbocycles. The second kappa shape index (κ2) is 3.91. The highest BCUT2D eigenvalue weighted by molar-refractivity contribution is 5.08. The monoisotopic (exact) mass is 206 g/mol. The Morgan fingerprint density at radius 3 is 2.73 bits per heavy atom. The molecule has 0 amide bonds. The summed E-state index contributed by atoms with van der Waals surface area (Å²) in [7, 11) is 0. The first-order valence-electron chi connectivity index (χ1n) is 5.36. The predicted molar refractivity (Wildman–Crippen MR) is 59.3 cm³/mol. The Morgan fingerprint density at radius 2 is 2.20 bits per heavy atom. The zero-order valence-corrected chi connectivity index (χ0v) is 9.53. The van der Waals surface area contributed by atoms with Gasteiger partial charge in [-0.25, -0.2) is 0 Å². The van der Waals surface area contributed by atoms with Crippen molar-refractivity contribution >= 4 is 0 Å². The molecule has 2 rings (SSSR count). The van der Waals surface area contributed by atoms with Crippen molar-refractivity contribution in [3.05, 3.63) is 30.1 Å². The summed E-state index contributed by atoms with van der Waals surface area (Å²) < 4.78 is 5.70. The maximum Gasteiger partial charge on any atom is 0.151 e. The average molecular weight is 206 g/mol. The van der Waals surface area contributed by atoms with Crippen molar-refractivity contribution in [2.24, 2.45) is 5.41 Å². The number of hydrogen-bond acceptors (Lipinski definition) is 3. The van der Waals surface area contributed by atoms with E-state index < -0.39 is 0 Å². The van der Waals surface area contributed by atoms with Crippen molar-refractivity contribution in [2.45, 2.75) is 33.0 Å². The Labute approximate surface area is 90.9 Å². The summed E-state index contributed by atoms with van der Waals surface area (Å²) in [5.74, 6) is 0. The van der Waals surface area contributed by atoms with Crippen LogP contribution in [0.5, 0.6) is 0 Å². The maximum absolute atomic E-state index is 5.70. The van der Waals surface area contributed by atoms with Gasteiger partial charge in [-0.1, -0.05) is 26.8 Å². The van der Waals surface area contributed by atoms with Gasteiger partial charge in [-0.2, -0.15) is 0 Å². The van der Waals surface area contributed by atoms with Crippen LogP contribution in [0.25, 0.3) is 0 Å². The number of nitrogens with zero attached hydrogens (tertiary/aromatic N) is 1. The molecule has 0 aromatic carbocycles. The van der Waals surface area contributed by atoms with Crippen molar-refractivity contribution in [3.63, 3.8) is 0 Å². The fraction of sp³-hybridized carbons (Fsp3) is 0.583. The second-order valence-corrected chi connectivity index (χ2v) is 5.05. The number of ether oxygens (including phenoxy) is 1. The van der Waals surface area contributed by atoms with Crippen LogP contribution in [0.2, 0.25) is 0 Å². The lowest BCUT2D eigenvalue weighted by Crippen LogP contribution is -2.38. The van der Waals surface area contributed by atoms with Crippen molar-refractivity contribution < 1.29 is 4.74 Å². The van der Waals surface area contributed by atoms with Crippen molar-refractivity contribution in [1.82, 2.24) is 10.3 Å². The largest absolute Gasteiger partial charge is 0.356 e. The van der Waals surface area contributed by atoms with Gasteiger partial charge in [-0.3, -0.25) is 10.3 Å². The Kier molecular flexibility index (Phi) is 2.76. The molecule has 1 saturated heterocycles.